The SMILES string of the molecule is COc1ccc(-c2csc(C(=O)N3C[C@H]4CN5C(=O)[C@@H](NC(=O)N(C)CC(C)(C)C)CCCCC/C=C\[C@@H]6C[C@]6(C(=O)NS(=O)(=O)C6CC6)NC(=O)[C@@H]5[C@H]4C3)n2)cc1. The topological polar surface area (TPSA) is 187 Å². The minimum absolute atomic E-state index is 0.156. The molecule has 7 rings (SSSR count). The number of methoxy groups -OCH3 is 1. The molecule has 58 heavy (non-hydrogen) atoms. The van der Waals surface area contributed by atoms with Crippen LogP contribution in [0.25, 0.3) is 11.3 Å². The molecule has 0 bridgehead atoms. The average Bonchev–Trinajstić information content (AvgIpc) is 3.99. The first-order valence-electron chi connectivity index (χ1n) is 20.3. The van der Waals surface area contributed by atoms with Crippen LogP contribution >= 0.6 is 11.3 Å². The minimum atomic E-state index is -3.91. The van der Waals surface area contributed by atoms with Crippen LogP contribution in [-0.4, -0.2) is 121 Å². The number of thiazole rings is 1. The van der Waals surface area contributed by atoms with Gasteiger partial charge < -0.3 is 30.1 Å². The summed E-state index contributed by atoms with van der Waals surface area (Å²) in [5.74, 6) is -2.56. The predicted octanol–water partition coefficient (Wildman–Crippen LogP) is 3.78. The van der Waals surface area contributed by atoms with E-state index in [0.29, 0.717) is 55.1 Å². The second kappa shape index (κ2) is 16.3. The van der Waals surface area contributed by atoms with Gasteiger partial charge in [0.15, 0.2) is 5.01 Å². The van der Waals surface area contributed by atoms with E-state index < -0.39 is 68.5 Å². The van der Waals surface area contributed by atoms with Crippen molar-refractivity contribution in [3.63, 3.8) is 0 Å². The number of hydrogen-bond acceptors (Lipinski definition) is 10. The first-order chi connectivity index (χ1) is 27.5. The summed E-state index contributed by atoms with van der Waals surface area (Å²) >= 11 is 1.23. The summed E-state index contributed by atoms with van der Waals surface area (Å²) in [5.41, 5.74) is -0.215. The van der Waals surface area contributed by atoms with Crippen molar-refractivity contribution in [2.24, 2.45) is 23.2 Å². The molecule has 17 heteroatoms. The molecule has 3 N–H and O–H groups in total. The van der Waals surface area contributed by atoms with E-state index >= 15 is 0 Å². The number of nitrogens with one attached hydrogen (secondary N) is 3. The highest BCUT2D eigenvalue weighted by molar-refractivity contribution is 7.91. The molecule has 314 valence electrons. The fourth-order valence-corrected chi connectivity index (χ4v) is 10.8. The van der Waals surface area contributed by atoms with Crippen molar-refractivity contribution in [1.82, 2.24) is 35.0 Å². The molecule has 2 aromatic rings. The predicted molar refractivity (Wildman–Crippen MR) is 218 cm³/mol. The number of carbonyl (C=O) groups is 5. The van der Waals surface area contributed by atoms with Crippen LogP contribution < -0.4 is 20.1 Å². The zero-order valence-electron chi connectivity index (χ0n) is 33.9. The molecule has 15 nitrogen and oxygen atoms in total. The quantitative estimate of drug-likeness (QED) is 0.333. The van der Waals surface area contributed by atoms with Gasteiger partial charge in [-0.3, -0.25) is 23.9 Å². The van der Waals surface area contributed by atoms with Crippen LogP contribution in [-0.2, 0) is 24.4 Å². The summed E-state index contributed by atoms with van der Waals surface area (Å²) < 4.78 is 33.4. The Hall–Kier alpha value is -4.51. The largest absolute Gasteiger partial charge is 0.497 e. The summed E-state index contributed by atoms with van der Waals surface area (Å²) in [6.07, 6.45) is 8.32. The van der Waals surface area contributed by atoms with Crippen LogP contribution in [0, 0.1) is 23.2 Å². The van der Waals surface area contributed by atoms with Crippen LogP contribution in [0.3, 0.4) is 0 Å². The van der Waals surface area contributed by atoms with Crippen LogP contribution in [0.15, 0.2) is 41.8 Å². The van der Waals surface area contributed by atoms with E-state index in [0.717, 1.165) is 18.4 Å². The lowest BCUT2D eigenvalue weighted by Crippen LogP contribution is -2.60. The molecule has 0 spiro atoms. The third-order valence-electron chi connectivity index (χ3n) is 11.9. The zero-order chi connectivity index (χ0) is 41.6. The molecule has 4 heterocycles. The van der Waals surface area contributed by atoms with Crippen molar-refractivity contribution in [2.45, 2.75) is 95.0 Å². The Morgan fingerprint density at radius 1 is 1.05 bits per heavy atom. The molecule has 6 amide bonds. The smallest absolute Gasteiger partial charge is 0.317 e. The van der Waals surface area contributed by atoms with E-state index in [4.69, 9.17) is 4.74 Å². The Balaban J connectivity index is 1.16. The fraction of sp³-hybridized carbons (Fsp3) is 0.610. The Kier molecular flexibility index (Phi) is 11.7. The van der Waals surface area contributed by atoms with Crippen molar-refractivity contribution in [2.75, 3.05) is 40.3 Å². The van der Waals surface area contributed by atoms with E-state index in [1.165, 1.54) is 16.2 Å². The number of amides is 6. The van der Waals surface area contributed by atoms with Gasteiger partial charge in [-0.1, -0.05) is 45.8 Å². The Labute approximate surface area is 344 Å². The molecule has 1 aromatic carbocycles. The number of sulfonamides is 1. The number of ether oxygens (including phenoxy) is 1. The van der Waals surface area contributed by atoms with E-state index in [2.05, 4.69) is 20.3 Å². The van der Waals surface area contributed by atoms with E-state index in [-0.39, 0.29) is 43.3 Å². The lowest BCUT2D eigenvalue weighted by atomic mass is 9.93. The van der Waals surface area contributed by atoms with Crippen LogP contribution in [0.4, 0.5) is 4.79 Å². The summed E-state index contributed by atoms with van der Waals surface area (Å²) in [4.78, 5) is 80.2. The van der Waals surface area contributed by atoms with Gasteiger partial charge in [0.25, 0.3) is 11.8 Å². The highest BCUT2D eigenvalue weighted by Crippen LogP contribution is 2.47. The Morgan fingerprint density at radius 2 is 1.79 bits per heavy atom. The normalized spacial score (nSPS) is 28.2. The highest BCUT2D eigenvalue weighted by Gasteiger charge is 2.63. The van der Waals surface area contributed by atoms with E-state index in [1.54, 1.807) is 24.0 Å². The molecule has 6 atom stereocenters. The van der Waals surface area contributed by atoms with Gasteiger partial charge in [-0.2, -0.15) is 0 Å². The number of carbonyl (C=O) groups excluding carboxylic acids is 5. The lowest BCUT2D eigenvalue weighted by molar-refractivity contribution is -0.142. The number of fused-ring (bicyclic) bond motifs is 4. The zero-order valence-corrected chi connectivity index (χ0v) is 35.5. The number of nitrogens with zero attached hydrogens (tertiary/aromatic N) is 4. The molecule has 0 unspecified atom stereocenters. The Bertz CT molecular complexity index is 2060. The van der Waals surface area contributed by atoms with Gasteiger partial charge in [-0.15, -0.1) is 11.3 Å². The first kappa shape index (κ1) is 41.6. The second-order valence-electron chi connectivity index (χ2n) is 17.8. The van der Waals surface area contributed by atoms with Gasteiger partial charge in [-0.25, -0.2) is 18.2 Å². The summed E-state index contributed by atoms with van der Waals surface area (Å²) in [6, 6.07) is 4.99. The number of likely N-dealkylation sites (tertiary alicyclic amines) is 1. The molecule has 5 aliphatic rings. The summed E-state index contributed by atoms with van der Waals surface area (Å²) in [5, 5.41) is 7.41. The van der Waals surface area contributed by atoms with Crippen LogP contribution in [0.2, 0.25) is 0 Å². The molecule has 0 radical (unpaired) electrons. The summed E-state index contributed by atoms with van der Waals surface area (Å²) in [6.45, 7) is 7.11. The molecular weight excluding hydrogens is 783 g/mol. The molecular formula is C41H55N7O8S2. The number of aromatic nitrogens is 1. The standard InChI is InChI=1S/C41H55N7O8S2/c1-40(2,3)24-46(4)39(53)43-31-12-10-8-6-7-9-11-27-19-41(27,38(52)45-58(54,55)29-17-18-29)44-34(49)33-30-22-47(20-26(30)21-48(33)36(31)50)37(51)35-42-32(23-57-35)25-13-15-28(56-5)16-14-25/h9,11,13-16,23,26-27,29-31,33H,6-8,10,12,17-22,24H2,1-5H3,(H,43,53)(H,44,49)(H,45,52)/b11-9-/t26-,27+,30-,31-,33-,41-/m0/s1. The molecule has 2 saturated heterocycles. The van der Waals surface area contributed by atoms with Crippen molar-refractivity contribution in [1.29, 1.82) is 0 Å². The maximum Gasteiger partial charge on any atom is 0.317 e. The maximum atomic E-state index is 14.7. The fourth-order valence-electron chi connectivity index (χ4n) is 8.68. The van der Waals surface area contributed by atoms with Gasteiger partial charge in [0, 0.05) is 61.9 Å². The monoisotopic (exact) mass is 837 g/mol. The van der Waals surface area contributed by atoms with E-state index in [9.17, 15) is 32.4 Å². The van der Waals surface area contributed by atoms with Crippen LogP contribution in [0.5, 0.6) is 5.75 Å². The van der Waals surface area contributed by atoms with Gasteiger partial charge in [-0.05, 0) is 68.2 Å². The van der Waals surface area contributed by atoms with Crippen molar-refractivity contribution >= 4 is 51.0 Å². The van der Waals surface area contributed by atoms with Crippen molar-refractivity contribution < 1.29 is 37.1 Å². The third-order valence-corrected chi connectivity index (χ3v) is 14.6. The van der Waals surface area contributed by atoms with Crippen molar-refractivity contribution in [3.05, 3.63) is 46.8 Å². The van der Waals surface area contributed by atoms with Gasteiger partial charge in [0.2, 0.25) is 21.8 Å². The van der Waals surface area contributed by atoms with Gasteiger partial charge >= 0.3 is 6.03 Å². The Morgan fingerprint density at radius 3 is 2.48 bits per heavy atom. The lowest BCUT2D eigenvalue weighted by Gasteiger charge is -2.34. The molecule has 2 saturated carbocycles. The number of urea groups is 1. The van der Waals surface area contributed by atoms with E-state index in [1.807, 2.05) is 62.6 Å². The molecule has 3 aliphatic heterocycles. The average molecular weight is 838 g/mol. The molecule has 4 fully saturated rings. The maximum absolute atomic E-state index is 14.7. The van der Waals surface area contributed by atoms with Crippen molar-refractivity contribution in [3.8, 4) is 17.0 Å². The van der Waals surface area contributed by atoms with Gasteiger partial charge in [0.05, 0.1) is 18.1 Å². The molecule has 1 aromatic heterocycles. The number of rotatable bonds is 8. The number of benzene rings is 1. The summed E-state index contributed by atoms with van der Waals surface area (Å²) in [7, 11) is -0.631. The van der Waals surface area contributed by atoms with Crippen LogP contribution in [0.1, 0.15) is 81.9 Å². The highest BCUT2D eigenvalue weighted by atomic mass is 32.2. The number of hydrogen-bond donors (Lipinski definition) is 3. The minimum Gasteiger partial charge on any atom is -0.497 e. The molecule has 2 aliphatic carbocycles. The first-order valence-corrected chi connectivity index (χ1v) is 22.7. The van der Waals surface area contributed by atoms with Gasteiger partial charge in [0.1, 0.15) is 23.4 Å². The second-order valence-corrected chi connectivity index (χ2v) is 20.6. The third kappa shape index (κ3) is 8.89. The number of allylic oxidation sites excluding steroid dienone is 1.